The van der Waals surface area contributed by atoms with E-state index in [1.165, 1.54) is 16.7 Å². The fourth-order valence-electron chi connectivity index (χ4n) is 3.29. The summed E-state index contributed by atoms with van der Waals surface area (Å²) in [6, 6.07) is 24.6. The summed E-state index contributed by atoms with van der Waals surface area (Å²) in [7, 11) is 0. The predicted molar refractivity (Wildman–Crippen MR) is 114 cm³/mol. The van der Waals surface area contributed by atoms with Crippen molar-refractivity contribution in [2.75, 3.05) is 0 Å². The van der Waals surface area contributed by atoms with Gasteiger partial charge in [-0.15, -0.1) is 10.2 Å². The second-order valence-corrected chi connectivity index (χ2v) is 7.77. The number of nitrogens with zero attached hydrogens (tertiary/aromatic N) is 2. The van der Waals surface area contributed by atoms with Crippen LogP contribution in [0.15, 0.2) is 77.2 Å². The van der Waals surface area contributed by atoms with Crippen molar-refractivity contribution in [3.8, 4) is 23.0 Å². The average molecular weight is 384 g/mol. The molecule has 4 nitrogen and oxygen atoms in total. The molecular weight excluding hydrogens is 360 g/mol. The lowest BCUT2D eigenvalue weighted by atomic mass is 9.78. The number of rotatable bonds is 5. The third-order valence-electron chi connectivity index (χ3n) is 5.21. The first-order valence-electron chi connectivity index (χ1n) is 9.68. The first-order chi connectivity index (χ1) is 13.9. The van der Waals surface area contributed by atoms with Gasteiger partial charge in [0.15, 0.2) is 0 Å². The molecule has 0 saturated carbocycles. The fraction of sp³-hybridized carbons (Fsp3) is 0.200. The van der Waals surface area contributed by atoms with Crippen LogP contribution in [0.4, 0.5) is 0 Å². The summed E-state index contributed by atoms with van der Waals surface area (Å²) < 4.78 is 11.4. The molecule has 1 aromatic heterocycles. The van der Waals surface area contributed by atoms with Crippen LogP contribution in [0.5, 0.6) is 11.5 Å². The van der Waals surface area contributed by atoms with Crippen molar-refractivity contribution in [2.24, 2.45) is 0 Å². The summed E-state index contributed by atoms with van der Waals surface area (Å²) in [6.07, 6.45) is 0. The number of hydrogen-bond acceptors (Lipinski definition) is 4. The lowest BCUT2D eigenvalue weighted by Gasteiger charge is -2.26. The molecule has 3 aromatic carbocycles. The van der Waals surface area contributed by atoms with E-state index in [-0.39, 0.29) is 5.41 Å². The van der Waals surface area contributed by atoms with Gasteiger partial charge < -0.3 is 9.15 Å². The Morgan fingerprint density at radius 2 is 1.21 bits per heavy atom. The molecule has 0 spiro atoms. The quantitative estimate of drug-likeness (QED) is 0.395. The predicted octanol–water partition coefficient (Wildman–Crippen LogP) is 6.47. The molecule has 0 aliphatic carbocycles. The van der Waals surface area contributed by atoms with E-state index in [4.69, 9.17) is 9.15 Å². The maximum absolute atomic E-state index is 6.00. The highest BCUT2D eigenvalue weighted by atomic mass is 16.5. The minimum Gasteiger partial charge on any atom is -0.457 e. The Morgan fingerprint density at radius 3 is 1.72 bits per heavy atom. The zero-order chi connectivity index (χ0) is 20.4. The van der Waals surface area contributed by atoms with E-state index < -0.39 is 0 Å². The maximum atomic E-state index is 6.00. The van der Waals surface area contributed by atoms with Crippen LogP contribution in [0.25, 0.3) is 11.5 Å². The van der Waals surface area contributed by atoms with Crippen molar-refractivity contribution in [1.29, 1.82) is 0 Å². The highest BCUT2D eigenvalue weighted by molar-refractivity contribution is 5.54. The Labute approximate surface area is 171 Å². The molecule has 0 aliphatic heterocycles. The van der Waals surface area contributed by atoms with Gasteiger partial charge in [-0.05, 0) is 54.4 Å². The van der Waals surface area contributed by atoms with Gasteiger partial charge in [0.2, 0.25) is 11.8 Å². The Balaban J connectivity index is 1.48. The lowest BCUT2D eigenvalue weighted by molar-refractivity contribution is 0.481. The molecule has 4 heteroatoms. The molecule has 0 aliphatic rings. The topological polar surface area (TPSA) is 48.2 Å². The minimum atomic E-state index is -0.0733. The molecule has 146 valence electrons. The second kappa shape index (κ2) is 7.55. The molecule has 0 bridgehead atoms. The van der Waals surface area contributed by atoms with Gasteiger partial charge in [0.05, 0.1) is 0 Å². The summed E-state index contributed by atoms with van der Waals surface area (Å²) in [4.78, 5) is 0. The Bertz CT molecular complexity index is 1090. The molecule has 0 fully saturated rings. The van der Waals surface area contributed by atoms with Crippen LogP contribution in [0.3, 0.4) is 0 Å². The zero-order valence-electron chi connectivity index (χ0n) is 17.1. The van der Waals surface area contributed by atoms with Crippen molar-refractivity contribution >= 4 is 0 Å². The smallest absolute Gasteiger partial charge is 0.247 e. The average Bonchev–Trinajstić information content (AvgIpc) is 3.16. The van der Waals surface area contributed by atoms with Gasteiger partial charge in [0, 0.05) is 17.9 Å². The highest BCUT2D eigenvalue weighted by Gasteiger charge is 2.22. The van der Waals surface area contributed by atoms with Crippen LogP contribution in [-0.4, -0.2) is 10.2 Å². The van der Waals surface area contributed by atoms with E-state index in [0.717, 1.165) is 17.1 Å². The Kier molecular flexibility index (Phi) is 4.93. The van der Waals surface area contributed by atoms with Crippen LogP contribution in [-0.2, 0) is 5.41 Å². The van der Waals surface area contributed by atoms with Crippen LogP contribution in [0.2, 0.25) is 0 Å². The van der Waals surface area contributed by atoms with Crippen LogP contribution < -0.4 is 4.74 Å². The zero-order valence-corrected chi connectivity index (χ0v) is 17.1. The number of benzene rings is 3. The van der Waals surface area contributed by atoms with Crippen LogP contribution in [0.1, 0.15) is 36.4 Å². The summed E-state index contributed by atoms with van der Waals surface area (Å²) in [5.74, 6) is 2.62. The summed E-state index contributed by atoms with van der Waals surface area (Å²) >= 11 is 0. The third kappa shape index (κ3) is 4.06. The van der Waals surface area contributed by atoms with Gasteiger partial charge in [0.25, 0.3) is 0 Å². The summed E-state index contributed by atoms with van der Waals surface area (Å²) in [6.45, 7) is 8.37. The molecule has 4 aromatic rings. The van der Waals surface area contributed by atoms with Gasteiger partial charge >= 0.3 is 0 Å². The molecule has 0 saturated heterocycles. The molecule has 0 N–H and O–H groups in total. The first kappa shape index (κ1) is 18.9. The number of aryl methyl sites for hydroxylation is 2. The summed E-state index contributed by atoms with van der Waals surface area (Å²) in [5.41, 5.74) is 4.61. The molecule has 0 unspecified atom stereocenters. The lowest BCUT2D eigenvalue weighted by Crippen LogP contribution is -2.18. The third-order valence-corrected chi connectivity index (χ3v) is 5.21. The second-order valence-electron chi connectivity index (χ2n) is 7.77. The van der Waals surface area contributed by atoms with Crippen molar-refractivity contribution in [3.05, 3.63) is 95.4 Å². The van der Waals surface area contributed by atoms with Crippen molar-refractivity contribution in [1.82, 2.24) is 10.2 Å². The number of hydrogen-bond donors (Lipinski definition) is 0. The summed E-state index contributed by atoms with van der Waals surface area (Å²) in [5, 5.41) is 7.89. The van der Waals surface area contributed by atoms with Gasteiger partial charge in [-0.3, -0.25) is 0 Å². The molecule has 0 atom stereocenters. The van der Waals surface area contributed by atoms with E-state index in [1.807, 2.05) is 36.4 Å². The van der Waals surface area contributed by atoms with E-state index in [9.17, 15) is 0 Å². The molecular formula is C25H24N2O2. The monoisotopic (exact) mass is 384 g/mol. The van der Waals surface area contributed by atoms with Crippen LogP contribution in [0, 0.1) is 13.8 Å². The number of ether oxygens (including phenoxy) is 1. The van der Waals surface area contributed by atoms with E-state index in [2.05, 4.69) is 67.4 Å². The fourth-order valence-corrected chi connectivity index (χ4v) is 3.29. The maximum Gasteiger partial charge on any atom is 0.247 e. The normalized spacial score (nSPS) is 11.4. The van der Waals surface area contributed by atoms with Gasteiger partial charge in [-0.25, -0.2) is 0 Å². The van der Waals surface area contributed by atoms with E-state index in [0.29, 0.717) is 11.8 Å². The first-order valence-corrected chi connectivity index (χ1v) is 9.68. The molecule has 0 amide bonds. The Morgan fingerprint density at radius 1 is 0.690 bits per heavy atom. The van der Waals surface area contributed by atoms with Crippen molar-refractivity contribution in [3.63, 3.8) is 0 Å². The molecule has 0 radical (unpaired) electrons. The minimum absolute atomic E-state index is 0.0733. The van der Waals surface area contributed by atoms with Crippen LogP contribution >= 0.6 is 0 Å². The van der Waals surface area contributed by atoms with Gasteiger partial charge in [0.1, 0.15) is 11.5 Å². The van der Waals surface area contributed by atoms with Gasteiger partial charge in [-0.1, -0.05) is 55.8 Å². The van der Waals surface area contributed by atoms with Crippen molar-refractivity contribution in [2.45, 2.75) is 33.1 Å². The molecule has 4 rings (SSSR count). The molecule has 1 heterocycles. The molecule has 29 heavy (non-hydrogen) atoms. The standard InChI is InChI=1S/C25H24N2O2/c1-17-5-9-20(10-6-17)25(3,4)21-11-15-23(16-12-21)29-22-13-7-19(8-14-22)24-27-26-18(2)28-24/h5-16H,1-4H3. The van der Waals surface area contributed by atoms with Crippen molar-refractivity contribution < 1.29 is 9.15 Å². The van der Waals surface area contributed by atoms with Gasteiger partial charge in [-0.2, -0.15) is 0 Å². The highest BCUT2D eigenvalue weighted by Crippen LogP contribution is 2.33. The largest absolute Gasteiger partial charge is 0.457 e. The number of aromatic nitrogens is 2. The SMILES string of the molecule is Cc1ccc(C(C)(C)c2ccc(Oc3ccc(-c4nnc(C)o4)cc3)cc2)cc1. The van der Waals surface area contributed by atoms with E-state index >= 15 is 0 Å². The Hall–Kier alpha value is -3.40. The van der Waals surface area contributed by atoms with E-state index in [1.54, 1.807) is 6.92 Å².